The van der Waals surface area contributed by atoms with Crippen LogP contribution in [0.25, 0.3) is 0 Å². The van der Waals surface area contributed by atoms with Gasteiger partial charge < -0.3 is 14.2 Å². The second kappa shape index (κ2) is 7.70. The molecule has 0 aromatic carbocycles. The minimum atomic E-state index is 0.148. The van der Waals surface area contributed by atoms with Gasteiger partial charge in [-0.2, -0.15) is 4.91 Å². The number of hydrogen-bond acceptors (Lipinski definition) is 5. The molecule has 16 heavy (non-hydrogen) atoms. The fourth-order valence-electron chi connectivity index (χ4n) is 2.29. The molecule has 0 spiro atoms. The van der Waals surface area contributed by atoms with Gasteiger partial charge in [-0.1, -0.05) is 5.18 Å². The van der Waals surface area contributed by atoms with Crippen LogP contribution in [-0.2, 0) is 14.2 Å². The van der Waals surface area contributed by atoms with Gasteiger partial charge in [-0.15, -0.1) is 0 Å². The molecule has 0 bridgehead atoms. The number of nitroso groups, excluding NO2 is 1. The number of rotatable bonds is 7. The maximum atomic E-state index is 10.4. The lowest BCUT2D eigenvalue weighted by Gasteiger charge is -2.33. The number of nitrogens with zero attached hydrogens (tertiary/aromatic N) is 1. The smallest absolute Gasteiger partial charge is 0.0863 e. The summed E-state index contributed by atoms with van der Waals surface area (Å²) in [5.41, 5.74) is 0. The number of hydrogen-bond donors (Lipinski definition) is 0. The van der Waals surface area contributed by atoms with E-state index in [4.69, 9.17) is 14.2 Å². The molecule has 3 unspecified atom stereocenters. The van der Waals surface area contributed by atoms with Crippen LogP contribution in [-0.4, -0.2) is 46.7 Å². The van der Waals surface area contributed by atoms with Crippen LogP contribution in [0.15, 0.2) is 5.18 Å². The molecule has 0 aliphatic carbocycles. The van der Waals surface area contributed by atoms with E-state index in [1.54, 1.807) is 14.2 Å². The molecule has 5 heteroatoms. The van der Waals surface area contributed by atoms with E-state index in [0.717, 1.165) is 19.4 Å². The van der Waals surface area contributed by atoms with E-state index in [0.29, 0.717) is 25.7 Å². The molecular weight excluding hydrogens is 210 g/mol. The zero-order valence-corrected chi connectivity index (χ0v) is 10.1. The highest BCUT2D eigenvalue weighted by Crippen LogP contribution is 2.28. The van der Waals surface area contributed by atoms with Crippen molar-refractivity contribution in [1.29, 1.82) is 0 Å². The summed E-state index contributed by atoms with van der Waals surface area (Å²) in [6.45, 7) is 2.27. The Bertz CT molecular complexity index is 198. The van der Waals surface area contributed by atoms with Crippen molar-refractivity contribution in [1.82, 2.24) is 0 Å². The van der Waals surface area contributed by atoms with Gasteiger partial charge in [0.05, 0.1) is 25.9 Å². The highest BCUT2D eigenvalue weighted by Gasteiger charge is 2.29. The van der Waals surface area contributed by atoms with Gasteiger partial charge in [0, 0.05) is 26.7 Å². The van der Waals surface area contributed by atoms with Crippen molar-refractivity contribution in [3.05, 3.63) is 4.91 Å². The molecule has 0 radical (unpaired) electrons. The van der Waals surface area contributed by atoms with E-state index in [-0.39, 0.29) is 12.0 Å². The Hall–Kier alpha value is -0.520. The second-order valence-corrected chi connectivity index (χ2v) is 4.26. The van der Waals surface area contributed by atoms with Gasteiger partial charge in [0.25, 0.3) is 0 Å². The minimum absolute atomic E-state index is 0.148. The first-order valence-corrected chi connectivity index (χ1v) is 5.70. The first-order valence-electron chi connectivity index (χ1n) is 5.70. The molecule has 94 valence electrons. The lowest BCUT2D eigenvalue weighted by atomic mass is 9.84. The fraction of sp³-hybridized carbons (Fsp3) is 1.00. The Kier molecular flexibility index (Phi) is 6.52. The summed E-state index contributed by atoms with van der Waals surface area (Å²) in [7, 11) is 3.33. The van der Waals surface area contributed by atoms with Gasteiger partial charge in [0.1, 0.15) is 0 Å². The first kappa shape index (κ1) is 13.5. The summed E-state index contributed by atoms with van der Waals surface area (Å²) in [4.78, 5) is 10.4. The molecule has 1 heterocycles. The van der Waals surface area contributed by atoms with Crippen LogP contribution in [0.2, 0.25) is 0 Å². The average molecular weight is 231 g/mol. The predicted octanol–water partition coefficient (Wildman–Crippen LogP) is 1.46. The molecule has 1 aliphatic rings. The SMILES string of the molecule is COCC1CC(C(CN=O)COC)CCO1. The van der Waals surface area contributed by atoms with Crippen LogP contribution >= 0.6 is 0 Å². The molecule has 0 saturated carbocycles. The molecule has 1 rings (SSSR count). The monoisotopic (exact) mass is 231 g/mol. The highest BCUT2D eigenvalue weighted by atomic mass is 16.5. The number of methoxy groups -OCH3 is 2. The Morgan fingerprint density at radius 2 is 2.25 bits per heavy atom. The van der Waals surface area contributed by atoms with Crippen LogP contribution in [0.4, 0.5) is 0 Å². The molecule has 0 amide bonds. The molecule has 3 atom stereocenters. The van der Waals surface area contributed by atoms with E-state index in [1.807, 2.05) is 0 Å². The van der Waals surface area contributed by atoms with Crippen molar-refractivity contribution in [3.63, 3.8) is 0 Å². The zero-order valence-electron chi connectivity index (χ0n) is 10.1. The maximum absolute atomic E-state index is 10.4. The van der Waals surface area contributed by atoms with Gasteiger partial charge in [-0.3, -0.25) is 0 Å². The molecule has 1 saturated heterocycles. The predicted molar refractivity (Wildman–Crippen MR) is 60.4 cm³/mol. The standard InChI is InChI=1S/C11H21NO4/c1-14-7-10(6-12-13)9-3-4-16-11(5-9)8-15-2/h9-11H,3-8H2,1-2H3. The second-order valence-electron chi connectivity index (χ2n) is 4.26. The van der Waals surface area contributed by atoms with Crippen molar-refractivity contribution < 1.29 is 14.2 Å². The molecule has 5 nitrogen and oxygen atoms in total. The molecule has 0 N–H and O–H groups in total. The minimum Gasteiger partial charge on any atom is -0.384 e. The largest absolute Gasteiger partial charge is 0.384 e. The summed E-state index contributed by atoms with van der Waals surface area (Å²) in [6.07, 6.45) is 2.05. The summed E-state index contributed by atoms with van der Waals surface area (Å²) in [5, 5.41) is 3.00. The topological polar surface area (TPSA) is 57.1 Å². The van der Waals surface area contributed by atoms with Crippen LogP contribution < -0.4 is 0 Å². The van der Waals surface area contributed by atoms with Crippen molar-refractivity contribution in [3.8, 4) is 0 Å². The van der Waals surface area contributed by atoms with Crippen LogP contribution in [0, 0.1) is 16.7 Å². The van der Waals surface area contributed by atoms with Gasteiger partial charge in [0.2, 0.25) is 0 Å². The third-order valence-corrected chi connectivity index (χ3v) is 3.12. The Morgan fingerprint density at radius 1 is 1.44 bits per heavy atom. The van der Waals surface area contributed by atoms with E-state index in [1.165, 1.54) is 0 Å². The summed E-state index contributed by atoms with van der Waals surface area (Å²) < 4.78 is 15.8. The van der Waals surface area contributed by atoms with Gasteiger partial charge in [-0.25, -0.2) is 0 Å². The maximum Gasteiger partial charge on any atom is 0.0863 e. The van der Waals surface area contributed by atoms with E-state index >= 15 is 0 Å². The lowest BCUT2D eigenvalue weighted by Crippen LogP contribution is -2.35. The van der Waals surface area contributed by atoms with Gasteiger partial charge in [-0.05, 0) is 18.8 Å². The molecule has 0 aromatic rings. The number of ether oxygens (including phenoxy) is 3. The Balaban J connectivity index is 2.44. The van der Waals surface area contributed by atoms with Crippen molar-refractivity contribution in [2.75, 3.05) is 40.6 Å². The van der Waals surface area contributed by atoms with E-state index < -0.39 is 0 Å². The fourth-order valence-corrected chi connectivity index (χ4v) is 2.29. The van der Waals surface area contributed by atoms with Crippen molar-refractivity contribution in [2.24, 2.45) is 17.0 Å². The highest BCUT2D eigenvalue weighted by molar-refractivity contribution is 4.78. The van der Waals surface area contributed by atoms with E-state index in [9.17, 15) is 4.91 Å². The lowest BCUT2D eigenvalue weighted by molar-refractivity contribution is -0.0618. The third-order valence-electron chi connectivity index (χ3n) is 3.12. The summed E-state index contributed by atoms with van der Waals surface area (Å²) in [6, 6.07) is 0. The van der Waals surface area contributed by atoms with Crippen LogP contribution in [0.1, 0.15) is 12.8 Å². The summed E-state index contributed by atoms with van der Waals surface area (Å²) >= 11 is 0. The quantitative estimate of drug-likeness (QED) is 0.622. The molecule has 1 fully saturated rings. The average Bonchev–Trinajstić information content (AvgIpc) is 2.30. The summed E-state index contributed by atoms with van der Waals surface area (Å²) in [5.74, 6) is 0.664. The van der Waals surface area contributed by atoms with Crippen LogP contribution in [0.5, 0.6) is 0 Å². The molecular formula is C11H21NO4. The van der Waals surface area contributed by atoms with Crippen LogP contribution in [0.3, 0.4) is 0 Å². The van der Waals surface area contributed by atoms with Crippen molar-refractivity contribution in [2.45, 2.75) is 18.9 Å². The van der Waals surface area contributed by atoms with E-state index in [2.05, 4.69) is 5.18 Å². The molecule has 0 aromatic heterocycles. The normalized spacial score (nSPS) is 27.6. The Labute approximate surface area is 96.4 Å². The Morgan fingerprint density at radius 3 is 2.88 bits per heavy atom. The van der Waals surface area contributed by atoms with Crippen molar-refractivity contribution >= 4 is 0 Å². The first-order chi connectivity index (χ1) is 7.81. The zero-order chi connectivity index (χ0) is 11.8. The van der Waals surface area contributed by atoms with Gasteiger partial charge in [0.15, 0.2) is 0 Å². The third kappa shape index (κ3) is 4.15. The molecule has 1 aliphatic heterocycles. The van der Waals surface area contributed by atoms with Gasteiger partial charge >= 0.3 is 0 Å².